The van der Waals surface area contributed by atoms with Gasteiger partial charge in [-0.15, -0.1) is 0 Å². The van der Waals surface area contributed by atoms with Gasteiger partial charge in [0.2, 0.25) is 0 Å². The summed E-state index contributed by atoms with van der Waals surface area (Å²) >= 11 is 0. The Bertz CT molecular complexity index is 191. The zero-order valence-corrected chi connectivity index (χ0v) is 10.2. The lowest BCUT2D eigenvalue weighted by molar-refractivity contribution is 0.111. The van der Waals surface area contributed by atoms with Crippen LogP contribution in [0.4, 0.5) is 0 Å². The van der Waals surface area contributed by atoms with Crippen LogP contribution in [-0.2, 0) is 0 Å². The molecule has 15 heavy (non-hydrogen) atoms. The van der Waals surface area contributed by atoms with E-state index in [-0.39, 0.29) is 0 Å². The van der Waals surface area contributed by atoms with Gasteiger partial charge < -0.3 is 10.2 Å². The summed E-state index contributed by atoms with van der Waals surface area (Å²) in [6, 6.07) is 0.712. The Kier molecular flexibility index (Phi) is 4.00. The van der Waals surface area contributed by atoms with Crippen LogP contribution in [0.3, 0.4) is 0 Å². The van der Waals surface area contributed by atoms with E-state index >= 15 is 0 Å². The second-order valence-corrected chi connectivity index (χ2v) is 5.35. The van der Waals surface area contributed by atoms with E-state index in [2.05, 4.69) is 29.2 Å². The molecule has 0 aromatic carbocycles. The highest BCUT2D eigenvalue weighted by atomic mass is 15.3. The topological polar surface area (TPSA) is 18.5 Å². The molecule has 0 bridgehead atoms. The number of rotatable bonds is 4. The Balaban J connectivity index is 1.63. The van der Waals surface area contributed by atoms with E-state index < -0.39 is 0 Å². The number of hydrogen-bond donors (Lipinski definition) is 1. The molecule has 2 aliphatic rings. The van der Waals surface area contributed by atoms with Crippen LogP contribution in [0.25, 0.3) is 0 Å². The smallest absolute Gasteiger partial charge is 0.0345 e. The molecule has 3 nitrogen and oxygen atoms in total. The second kappa shape index (κ2) is 5.28. The van der Waals surface area contributed by atoms with Crippen molar-refractivity contribution in [2.75, 3.05) is 46.8 Å². The first-order chi connectivity index (χ1) is 7.25. The molecule has 1 N–H and O–H groups in total. The summed E-state index contributed by atoms with van der Waals surface area (Å²) < 4.78 is 0. The summed E-state index contributed by atoms with van der Waals surface area (Å²) in [6.07, 6.45) is 4.36. The minimum absolute atomic E-state index is 0.712. The molecule has 1 aliphatic heterocycles. The third-order valence-corrected chi connectivity index (χ3v) is 4.02. The molecule has 2 fully saturated rings. The van der Waals surface area contributed by atoms with Crippen LogP contribution in [0.15, 0.2) is 0 Å². The van der Waals surface area contributed by atoms with Gasteiger partial charge in [0.05, 0.1) is 0 Å². The standard InChI is InChI=1S/C12H25N3/c1-14-6-7-15(2)12(10-14)9-13-8-11-4-3-5-11/h11-13H,3-10H2,1-2H3. The summed E-state index contributed by atoms with van der Waals surface area (Å²) in [6.45, 7) is 6.06. The van der Waals surface area contributed by atoms with E-state index in [4.69, 9.17) is 0 Å². The minimum Gasteiger partial charge on any atom is -0.315 e. The van der Waals surface area contributed by atoms with Crippen molar-refractivity contribution in [1.82, 2.24) is 15.1 Å². The van der Waals surface area contributed by atoms with Crippen molar-refractivity contribution >= 4 is 0 Å². The number of likely N-dealkylation sites (N-methyl/N-ethyl adjacent to an activating group) is 2. The van der Waals surface area contributed by atoms with Crippen molar-refractivity contribution in [3.63, 3.8) is 0 Å². The normalized spacial score (nSPS) is 30.4. The zero-order chi connectivity index (χ0) is 10.7. The monoisotopic (exact) mass is 211 g/mol. The van der Waals surface area contributed by atoms with Gasteiger partial charge in [-0.2, -0.15) is 0 Å². The van der Waals surface area contributed by atoms with Gasteiger partial charge in [0.15, 0.2) is 0 Å². The molecule has 0 aromatic heterocycles. The lowest BCUT2D eigenvalue weighted by atomic mass is 9.85. The van der Waals surface area contributed by atoms with Crippen molar-refractivity contribution in [3.05, 3.63) is 0 Å². The van der Waals surface area contributed by atoms with Gasteiger partial charge in [-0.05, 0) is 39.4 Å². The van der Waals surface area contributed by atoms with Crippen molar-refractivity contribution in [3.8, 4) is 0 Å². The second-order valence-electron chi connectivity index (χ2n) is 5.35. The van der Waals surface area contributed by atoms with Crippen LogP contribution in [0.2, 0.25) is 0 Å². The summed E-state index contributed by atoms with van der Waals surface area (Å²) in [5.74, 6) is 0.983. The van der Waals surface area contributed by atoms with Crippen molar-refractivity contribution in [1.29, 1.82) is 0 Å². The SMILES string of the molecule is CN1CCN(C)C(CNCC2CCC2)C1. The molecule has 0 spiro atoms. The van der Waals surface area contributed by atoms with E-state index in [1.807, 2.05) is 0 Å². The molecule has 1 saturated heterocycles. The van der Waals surface area contributed by atoms with Crippen LogP contribution in [-0.4, -0.2) is 62.7 Å². The third-order valence-electron chi connectivity index (χ3n) is 4.02. The predicted molar refractivity (Wildman–Crippen MR) is 64.1 cm³/mol. The van der Waals surface area contributed by atoms with Gasteiger partial charge in [0.1, 0.15) is 0 Å². The fourth-order valence-electron chi connectivity index (χ4n) is 2.47. The Labute approximate surface area is 93.8 Å². The first-order valence-electron chi connectivity index (χ1n) is 6.35. The van der Waals surface area contributed by atoms with Crippen molar-refractivity contribution < 1.29 is 0 Å². The fraction of sp³-hybridized carbons (Fsp3) is 1.00. The molecule has 1 atom stereocenters. The number of nitrogens with one attached hydrogen (secondary N) is 1. The van der Waals surface area contributed by atoms with Gasteiger partial charge in [0, 0.05) is 32.2 Å². The van der Waals surface area contributed by atoms with E-state index in [1.165, 1.54) is 45.4 Å². The molecule has 3 heteroatoms. The summed E-state index contributed by atoms with van der Waals surface area (Å²) in [4.78, 5) is 4.93. The molecule has 0 radical (unpaired) electrons. The lowest BCUT2D eigenvalue weighted by Gasteiger charge is -2.38. The average molecular weight is 211 g/mol. The highest BCUT2D eigenvalue weighted by molar-refractivity contribution is 4.81. The quantitative estimate of drug-likeness (QED) is 0.735. The molecule has 88 valence electrons. The molecule has 1 saturated carbocycles. The first kappa shape index (κ1) is 11.4. The van der Waals surface area contributed by atoms with Crippen molar-refractivity contribution in [2.24, 2.45) is 5.92 Å². The maximum absolute atomic E-state index is 3.64. The Morgan fingerprint density at radius 2 is 1.93 bits per heavy atom. The Morgan fingerprint density at radius 1 is 1.13 bits per heavy atom. The Morgan fingerprint density at radius 3 is 2.60 bits per heavy atom. The minimum atomic E-state index is 0.712. The fourth-order valence-corrected chi connectivity index (χ4v) is 2.47. The van der Waals surface area contributed by atoms with E-state index in [9.17, 15) is 0 Å². The third kappa shape index (κ3) is 3.16. The summed E-state index contributed by atoms with van der Waals surface area (Å²) in [7, 11) is 4.48. The maximum Gasteiger partial charge on any atom is 0.0345 e. The van der Waals surface area contributed by atoms with Crippen LogP contribution in [0, 0.1) is 5.92 Å². The van der Waals surface area contributed by atoms with Crippen molar-refractivity contribution in [2.45, 2.75) is 25.3 Å². The molecule has 2 rings (SSSR count). The lowest BCUT2D eigenvalue weighted by Crippen LogP contribution is -2.54. The number of piperazine rings is 1. The highest BCUT2D eigenvalue weighted by Gasteiger charge is 2.22. The molecular weight excluding hydrogens is 186 g/mol. The Hall–Kier alpha value is -0.120. The zero-order valence-electron chi connectivity index (χ0n) is 10.2. The van der Waals surface area contributed by atoms with Gasteiger partial charge in [-0.25, -0.2) is 0 Å². The van der Waals surface area contributed by atoms with Crippen LogP contribution in [0.1, 0.15) is 19.3 Å². The molecule has 0 amide bonds. The molecular formula is C12H25N3. The maximum atomic E-state index is 3.64. The van der Waals surface area contributed by atoms with Crippen LogP contribution in [0.5, 0.6) is 0 Å². The predicted octanol–water partition coefficient (Wildman–Crippen LogP) is 0.622. The number of nitrogens with zero attached hydrogens (tertiary/aromatic N) is 2. The molecule has 0 aromatic rings. The summed E-state index contributed by atoms with van der Waals surface area (Å²) in [5, 5.41) is 3.64. The molecule has 1 heterocycles. The average Bonchev–Trinajstić information content (AvgIpc) is 2.15. The summed E-state index contributed by atoms with van der Waals surface area (Å²) in [5.41, 5.74) is 0. The van der Waals surface area contributed by atoms with Crippen LogP contribution < -0.4 is 5.32 Å². The largest absolute Gasteiger partial charge is 0.315 e. The number of hydrogen-bond acceptors (Lipinski definition) is 3. The molecule has 1 aliphatic carbocycles. The first-order valence-corrected chi connectivity index (χ1v) is 6.35. The van der Waals surface area contributed by atoms with Gasteiger partial charge >= 0.3 is 0 Å². The van der Waals surface area contributed by atoms with Gasteiger partial charge in [-0.3, -0.25) is 4.90 Å². The van der Waals surface area contributed by atoms with E-state index in [0.29, 0.717) is 6.04 Å². The van der Waals surface area contributed by atoms with Crippen LogP contribution >= 0.6 is 0 Å². The van der Waals surface area contributed by atoms with Gasteiger partial charge in [0.25, 0.3) is 0 Å². The highest BCUT2D eigenvalue weighted by Crippen LogP contribution is 2.25. The van der Waals surface area contributed by atoms with Gasteiger partial charge in [-0.1, -0.05) is 6.42 Å². The van der Waals surface area contributed by atoms with E-state index in [1.54, 1.807) is 0 Å². The molecule has 1 unspecified atom stereocenters. The van der Waals surface area contributed by atoms with E-state index in [0.717, 1.165) is 12.5 Å².